The van der Waals surface area contributed by atoms with Crippen molar-refractivity contribution in [1.29, 1.82) is 0 Å². The number of ether oxygens (including phenoxy) is 1. The Morgan fingerprint density at radius 3 is 3.14 bits per heavy atom. The van der Waals surface area contributed by atoms with Crippen molar-refractivity contribution in [3.05, 3.63) is 24.3 Å². The zero-order valence-corrected chi connectivity index (χ0v) is 8.57. The number of nitrogens with one attached hydrogen (secondary N) is 1. The van der Waals surface area contributed by atoms with Gasteiger partial charge in [0.1, 0.15) is 6.33 Å². The Labute approximate surface area is 84.7 Å². The smallest absolute Gasteiger partial charge is 0.115 e. The van der Waals surface area contributed by atoms with Crippen LogP contribution >= 0.6 is 0 Å². The van der Waals surface area contributed by atoms with Crippen molar-refractivity contribution in [2.45, 2.75) is 19.9 Å². The van der Waals surface area contributed by atoms with Crippen molar-refractivity contribution >= 4 is 0 Å². The van der Waals surface area contributed by atoms with Gasteiger partial charge in [0, 0.05) is 26.0 Å². The summed E-state index contributed by atoms with van der Waals surface area (Å²) in [5.74, 6) is 0. The van der Waals surface area contributed by atoms with Gasteiger partial charge in [0.2, 0.25) is 0 Å². The highest BCUT2D eigenvalue weighted by atomic mass is 16.5. The molecule has 0 unspecified atom stereocenters. The Kier molecular flexibility index (Phi) is 5.86. The van der Waals surface area contributed by atoms with Gasteiger partial charge < -0.3 is 10.1 Å². The molecule has 0 aromatic carbocycles. The summed E-state index contributed by atoms with van der Waals surface area (Å²) in [6.45, 7) is 5.39. The van der Waals surface area contributed by atoms with Crippen LogP contribution in [0.25, 0.3) is 0 Å². The Morgan fingerprint density at radius 1 is 1.50 bits per heavy atom. The molecule has 0 aliphatic rings. The molecule has 0 spiro atoms. The predicted octanol–water partition coefficient (Wildman–Crippen LogP) is 0.993. The highest BCUT2D eigenvalue weighted by Gasteiger charge is 1.92. The van der Waals surface area contributed by atoms with Gasteiger partial charge in [-0.05, 0) is 26.0 Å². The first-order valence-corrected chi connectivity index (χ1v) is 4.97. The molecule has 0 fully saturated rings. The lowest BCUT2D eigenvalue weighted by molar-refractivity contribution is 0.144. The molecule has 0 saturated carbocycles. The van der Waals surface area contributed by atoms with Gasteiger partial charge in [-0.15, -0.1) is 0 Å². The zero-order chi connectivity index (χ0) is 10.1. The van der Waals surface area contributed by atoms with E-state index >= 15 is 0 Å². The Hall–Kier alpha value is -1.00. The van der Waals surface area contributed by atoms with Crippen LogP contribution in [0.1, 0.15) is 19.0 Å². The van der Waals surface area contributed by atoms with E-state index in [1.54, 1.807) is 12.5 Å². The Morgan fingerprint density at radius 2 is 2.43 bits per heavy atom. The third-order valence-electron chi connectivity index (χ3n) is 1.80. The molecule has 14 heavy (non-hydrogen) atoms. The summed E-state index contributed by atoms with van der Waals surface area (Å²) in [6.07, 6.45) is 4.36. The SMILES string of the molecule is CCOCCCNCc1ccncn1. The van der Waals surface area contributed by atoms with Crippen molar-refractivity contribution < 1.29 is 4.74 Å². The number of aromatic nitrogens is 2. The monoisotopic (exact) mass is 195 g/mol. The molecule has 4 nitrogen and oxygen atoms in total. The van der Waals surface area contributed by atoms with E-state index < -0.39 is 0 Å². The van der Waals surface area contributed by atoms with Crippen molar-refractivity contribution in [2.24, 2.45) is 0 Å². The van der Waals surface area contributed by atoms with Gasteiger partial charge in [0.05, 0.1) is 5.69 Å². The normalized spacial score (nSPS) is 10.4. The molecule has 78 valence electrons. The predicted molar refractivity (Wildman–Crippen MR) is 54.8 cm³/mol. The summed E-state index contributed by atoms with van der Waals surface area (Å²) in [6, 6.07) is 1.91. The summed E-state index contributed by atoms with van der Waals surface area (Å²) in [7, 11) is 0. The maximum absolute atomic E-state index is 5.22. The summed E-state index contributed by atoms with van der Waals surface area (Å²) in [5, 5.41) is 3.29. The number of hydrogen-bond donors (Lipinski definition) is 1. The standard InChI is InChI=1S/C10H17N3O/c1-2-14-7-3-5-11-8-10-4-6-12-9-13-10/h4,6,9,11H,2-3,5,7-8H2,1H3. The van der Waals surface area contributed by atoms with E-state index in [2.05, 4.69) is 15.3 Å². The van der Waals surface area contributed by atoms with Crippen molar-refractivity contribution in [3.8, 4) is 0 Å². The first kappa shape index (κ1) is 11.1. The van der Waals surface area contributed by atoms with E-state index in [9.17, 15) is 0 Å². The fraction of sp³-hybridized carbons (Fsp3) is 0.600. The van der Waals surface area contributed by atoms with Gasteiger partial charge in [-0.2, -0.15) is 0 Å². The lowest BCUT2D eigenvalue weighted by Crippen LogP contribution is -2.17. The summed E-state index contributed by atoms with van der Waals surface area (Å²) >= 11 is 0. The van der Waals surface area contributed by atoms with Crippen LogP contribution in [0.15, 0.2) is 18.6 Å². The van der Waals surface area contributed by atoms with Gasteiger partial charge in [-0.25, -0.2) is 9.97 Å². The average molecular weight is 195 g/mol. The van der Waals surface area contributed by atoms with Crippen LogP contribution in [-0.4, -0.2) is 29.7 Å². The van der Waals surface area contributed by atoms with Gasteiger partial charge in [-0.3, -0.25) is 0 Å². The summed E-state index contributed by atoms with van der Waals surface area (Å²) in [4.78, 5) is 7.96. The van der Waals surface area contributed by atoms with Crippen molar-refractivity contribution in [3.63, 3.8) is 0 Å². The van der Waals surface area contributed by atoms with Gasteiger partial charge in [0.15, 0.2) is 0 Å². The number of rotatable bonds is 7. The molecule has 0 aliphatic heterocycles. The molecule has 1 aromatic heterocycles. The van der Waals surface area contributed by atoms with E-state index in [-0.39, 0.29) is 0 Å². The van der Waals surface area contributed by atoms with Crippen LogP contribution < -0.4 is 5.32 Å². The lowest BCUT2D eigenvalue weighted by Gasteiger charge is -2.03. The van der Waals surface area contributed by atoms with Crippen molar-refractivity contribution in [2.75, 3.05) is 19.8 Å². The molecule has 0 amide bonds. The van der Waals surface area contributed by atoms with Crippen LogP contribution in [0.3, 0.4) is 0 Å². The largest absolute Gasteiger partial charge is 0.382 e. The second kappa shape index (κ2) is 7.41. The van der Waals surface area contributed by atoms with Crippen LogP contribution in [0, 0.1) is 0 Å². The average Bonchev–Trinajstić information content (AvgIpc) is 2.25. The highest BCUT2D eigenvalue weighted by Crippen LogP contribution is 1.89. The second-order valence-corrected chi connectivity index (χ2v) is 2.93. The van der Waals surface area contributed by atoms with Crippen molar-refractivity contribution in [1.82, 2.24) is 15.3 Å². The maximum atomic E-state index is 5.22. The third-order valence-corrected chi connectivity index (χ3v) is 1.80. The van der Waals surface area contributed by atoms with Gasteiger partial charge in [0.25, 0.3) is 0 Å². The molecule has 1 N–H and O–H groups in total. The van der Waals surface area contributed by atoms with E-state index in [4.69, 9.17) is 4.74 Å². The van der Waals surface area contributed by atoms with E-state index in [0.717, 1.165) is 38.4 Å². The minimum absolute atomic E-state index is 0.798. The Bertz CT molecular complexity index is 228. The molecule has 0 atom stereocenters. The quantitative estimate of drug-likeness (QED) is 0.659. The fourth-order valence-electron chi connectivity index (χ4n) is 1.08. The molecule has 1 rings (SSSR count). The Balaban J connectivity index is 1.99. The van der Waals surface area contributed by atoms with Crippen LogP contribution in [0.5, 0.6) is 0 Å². The van der Waals surface area contributed by atoms with Crippen LogP contribution in [0.4, 0.5) is 0 Å². The van der Waals surface area contributed by atoms with E-state index in [1.165, 1.54) is 0 Å². The highest BCUT2D eigenvalue weighted by molar-refractivity contribution is 4.96. The first-order chi connectivity index (χ1) is 6.93. The molecule has 0 radical (unpaired) electrons. The van der Waals surface area contributed by atoms with Gasteiger partial charge >= 0.3 is 0 Å². The minimum atomic E-state index is 0.798. The molecular formula is C10H17N3O. The lowest BCUT2D eigenvalue weighted by atomic mass is 10.4. The number of hydrogen-bond acceptors (Lipinski definition) is 4. The molecular weight excluding hydrogens is 178 g/mol. The molecule has 0 saturated heterocycles. The summed E-state index contributed by atoms with van der Waals surface area (Å²) < 4.78 is 5.22. The molecule has 1 heterocycles. The maximum Gasteiger partial charge on any atom is 0.115 e. The molecule has 0 bridgehead atoms. The molecule has 4 heteroatoms. The van der Waals surface area contributed by atoms with E-state index in [1.807, 2.05) is 13.0 Å². The minimum Gasteiger partial charge on any atom is -0.382 e. The summed E-state index contributed by atoms with van der Waals surface area (Å²) in [5.41, 5.74) is 1.02. The number of nitrogens with zero attached hydrogens (tertiary/aromatic N) is 2. The second-order valence-electron chi connectivity index (χ2n) is 2.93. The fourth-order valence-corrected chi connectivity index (χ4v) is 1.08. The molecule has 1 aromatic rings. The van der Waals surface area contributed by atoms with E-state index in [0.29, 0.717) is 0 Å². The van der Waals surface area contributed by atoms with Gasteiger partial charge in [-0.1, -0.05) is 0 Å². The van der Waals surface area contributed by atoms with Crippen LogP contribution in [0.2, 0.25) is 0 Å². The molecule has 0 aliphatic carbocycles. The van der Waals surface area contributed by atoms with Crippen LogP contribution in [-0.2, 0) is 11.3 Å². The topological polar surface area (TPSA) is 47.0 Å². The first-order valence-electron chi connectivity index (χ1n) is 4.97. The third kappa shape index (κ3) is 4.89. The zero-order valence-electron chi connectivity index (χ0n) is 8.57.